The zero-order chi connectivity index (χ0) is 63.8. The molecule has 0 saturated carbocycles. The fourth-order valence-electron chi connectivity index (χ4n) is 10.1. The maximum absolute atomic E-state index is 14.7. The lowest BCUT2D eigenvalue weighted by molar-refractivity contribution is -0.148. The first-order chi connectivity index (χ1) is 40.7. The van der Waals surface area contributed by atoms with Crippen molar-refractivity contribution in [3.8, 4) is 11.5 Å². The Labute approximate surface area is 500 Å². The van der Waals surface area contributed by atoms with Crippen LogP contribution in [0, 0.1) is 11.8 Å². The number of aliphatic imine (C=N–C) groups is 2. The van der Waals surface area contributed by atoms with Crippen molar-refractivity contribution in [2.24, 2.45) is 56.2 Å². The molecular weight excluding hydrogens is 1120 g/mol. The van der Waals surface area contributed by atoms with Crippen molar-refractivity contribution < 1.29 is 63.3 Å². The third-order valence-electron chi connectivity index (χ3n) is 15.0. The van der Waals surface area contributed by atoms with E-state index in [1.54, 1.807) is 32.9 Å². The number of carboxylic acid groups (broad SMARTS) is 1. The fourth-order valence-corrected chi connectivity index (χ4v) is 10.1. The SMILES string of the molecule is CC[C@H](C)[C@H](N)C(=O)N[C@@H](CCC(=O)O)C(=O)N1CCC[C@H]1C(=O)N1CCC[C@@H]1C(=O)N[C@@H](Cc1ccc(O)cc1)C(=O)N[C@@H](CCCN=C(N)N)C(=O)N[C@@H](CC(C)C)C(=O)N[C@@H](CCCN=C(N)N)C(=O)N[C@@H](Cc1ccc(O)cc1)C(N)=O. The quantitative estimate of drug-likeness (QED) is 0.0198. The number of primary amides is 1. The van der Waals surface area contributed by atoms with Gasteiger partial charge >= 0.3 is 5.97 Å². The topological polar surface area (TPSA) is 491 Å². The summed E-state index contributed by atoms with van der Waals surface area (Å²) in [5, 5.41) is 45.5. The lowest BCUT2D eigenvalue weighted by atomic mass is 9.98. The molecule has 474 valence electrons. The summed E-state index contributed by atoms with van der Waals surface area (Å²) in [6.45, 7) is 7.47. The Morgan fingerprint density at radius 3 is 1.49 bits per heavy atom. The number of guanidine groups is 2. The van der Waals surface area contributed by atoms with Crippen LogP contribution in [0.5, 0.6) is 11.5 Å². The molecule has 2 heterocycles. The van der Waals surface area contributed by atoms with Gasteiger partial charge in [0.25, 0.3) is 0 Å². The van der Waals surface area contributed by atoms with E-state index < -0.39 is 120 Å². The number of nitrogens with one attached hydrogen (secondary N) is 6. The molecule has 2 aliphatic rings. The van der Waals surface area contributed by atoms with Crippen molar-refractivity contribution >= 4 is 71.1 Å². The average molecular weight is 1210 g/mol. The van der Waals surface area contributed by atoms with Crippen molar-refractivity contribution in [3.63, 3.8) is 0 Å². The largest absolute Gasteiger partial charge is 0.508 e. The van der Waals surface area contributed by atoms with E-state index in [1.807, 2.05) is 6.92 Å². The van der Waals surface area contributed by atoms with Gasteiger partial charge in [-0.3, -0.25) is 57.9 Å². The molecule has 0 aliphatic carbocycles. The van der Waals surface area contributed by atoms with Gasteiger partial charge in [-0.1, -0.05) is 58.4 Å². The summed E-state index contributed by atoms with van der Waals surface area (Å²) in [6.07, 6.45) is 0.868. The van der Waals surface area contributed by atoms with Crippen molar-refractivity contribution in [1.82, 2.24) is 41.7 Å². The third kappa shape index (κ3) is 22.3. The second kappa shape index (κ2) is 34.3. The molecule has 10 atom stereocenters. The summed E-state index contributed by atoms with van der Waals surface area (Å²) in [5.41, 5.74) is 35.1. The second-order valence-corrected chi connectivity index (χ2v) is 22.3. The third-order valence-corrected chi connectivity index (χ3v) is 15.0. The molecular formula is C57H88N16O13. The Kier molecular flexibility index (Phi) is 27.8. The molecule has 0 unspecified atom stereocenters. The number of carbonyl (C=O) groups is 10. The van der Waals surface area contributed by atoms with E-state index in [1.165, 1.54) is 46.2 Å². The first-order valence-corrected chi connectivity index (χ1v) is 29.1. The molecule has 29 heteroatoms. The van der Waals surface area contributed by atoms with Crippen LogP contribution in [0.3, 0.4) is 0 Å². The number of phenolic OH excluding ortho intramolecular Hbond substituents is 2. The first-order valence-electron chi connectivity index (χ1n) is 29.1. The Hall–Kier alpha value is -8.76. The zero-order valence-electron chi connectivity index (χ0n) is 49.4. The average Bonchev–Trinajstić information content (AvgIpc) is 3.89. The minimum Gasteiger partial charge on any atom is -0.508 e. The van der Waals surface area contributed by atoms with Gasteiger partial charge in [-0.2, -0.15) is 0 Å². The Bertz CT molecular complexity index is 2720. The van der Waals surface area contributed by atoms with Crippen LogP contribution in [-0.4, -0.2) is 177 Å². The van der Waals surface area contributed by atoms with Crippen molar-refractivity contribution in [2.75, 3.05) is 26.2 Å². The van der Waals surface area contributed by atoms with Crippen LogP contribution in [0.4, 0.5) is 0 Å². The van der Waals surface area contributed by atoms with Crippen LogP contribution in [0.1, 0.15) is 116 Å². The highest BCUT2D eigenvalue weighted by atomic mass is 16.4. The molecule has 0 aromatic heterocycles. The number of nitrogens with zero attached hydrogens (tertiary/aromatic N) is 4. The van der Waals surface area contributed by atoms with Gasteiger partial charge in [0.1, 0.15) is 59.8 Å². The number of likely N-dealkylation sites (tertiary alicyclic amines) is 2. The fraction of sp³-hybridized carbons (Fsp3) is 0.579. The molecule has 9 amide bonds. The number of benzene rings is 2. The number of aliphatic carboxylic acids is 1. The predicted molar refractivity (Wildman–Crippen MR) is 317 cm³/mol. The van der Waals surface area contributed by atoms with E-state index in [0.29, 0.717) is 30.4 Å². The lowest BCUT2D eigenvalue weighted by Gasteiger charge is -2.33. The summed E-state index contributed by atoms with van der Waals surface area (Å²) < 4.78 is 0. The Balaban J connectivity index is 1.61. The monoisotopic (exact) mass is 1200 g/mol. The molecule has 2 fully saturated rings. The summed E-state index contributed by atoms with van der Waals surface area (Å²) >= 11 is 0. The van der Waals surface area contributed by atoms with Crippen LogP contribution in [-0.2, 0) is 60.8 Å². The molecule has 86 heavy (non-hydrogen) atoms. The minimum atomic E-state index is -1.44. The normalized spacial score (nSPS) is 17.5. The van der Waals surface area contributed by atoms with Crippen LogP contribution in [0.2, 0.25) is 0 Å². The number of carboxylic acids is 1. The number of rotatable bonds is 34. The van der Waals surface area contributed by atoms with Crippen molar-refractivity contribution in [2.45, 2.75) is 172 Å². The molecule has 21 N–H and O–H groups in total. The van der Waals surface area contributed by atoms with E-state index in [-0.39, 0.29) is 126 Å². The van der Waals surface area contributed by atoms with E-state index in [4.69, 9.17) is 34.4 Å². The highest BCUT2D eigenvalue weighted by molar-refractivity contribution is 5.99. The Morgan fingerprint density at radius 2 is 1.01 bits per heavy atom. The number of carbonyl (C=O) groups excluding carboxylic acids is 9. The zero-order valence-corrected chi connectivity index (χ0v) is 49.4. The van der Waals surface area contributed by atoms with Gasteiger partial charge in [-0.15, -0.1) is 0 Å². The van der Waals surface area contributed by atoms with E-state index in [0.717, 1.165) is 0 Å². The number of hydrogen-bond donors (Lipinski definition) is 15. The molecule has 2 saturated heterocycles. The summed E-state index contributed by atoms with van der Waals surface area (Å²) in [6, 6.07) is 0.420. The van der Waals surface area contributed by atoms with Crippen molar-refractivity contribution in [1.29, 1.82) is 0 Å². The molecule has 0 radical (unpaired) electrons. The highest BCUT2D eigenvalue weighted by Crippen LogP contribution is 2.27. The van der Waals surface area contributed by atoms with Gasteiger partial charge in [-0.05, 0) is 111 Å². The number of amides is 9. The predicted octanol–water partition coefficient (Wildman–Crippen LogP) is -2.35. The number of nitrogens with two attached hydrogens (primary N) is 6. The van der Waals surface area contributed by atoms with E-state index in [2.05, 4.69) is 41.9 Å². The summed E-state index contributed by atoms with van der Waals surface area (Å²) in [5.74, 6) is -9.08. The maximum atomic E-state index is 14.7. The number of phenols is 2. The highest BCUT2D eigenvalue weighted by Gasteiger charge is 2.45. The lowest BCUT2D eigenvalue weighted by Crippen LogP contribution is -2.60. The van der Waals surface area contributed by atoms with E-state index >= 15 is 0 Å². The number of aromatic hydroxyl groups is 2. The van der Waals surface area contributed by atoms with Crippen LogP contribution >= 0.6 is 0 Å². The van der Waals surface area contributed by atoms with Gasteiger partial charge in [0, 0.05) is 45.4 Å². The first kappa shape index (κ1) is 69.7. The van der Waals surface area contributed by atoms with Gasteiger partial charge < -0.3 is 91.4 Å². The molecule has 0 bridgehead atoms. The molecule has 0 spiro atoms. The van der Waals surface area contributed by atoms with Gasteiger partial charge in [-0.25, -0.2) is 0 Å². The summed E-state index contributed by atoms with van der Waals surface area (Å²) in [7, 11) is 0. The van der Waals surface area contributed by atoms with E-state index in [9.17, 15) is 63.3 Å². The van der Waals surface area contributed by atoms with Crippen LogP contribution in [0.25, 0.3) is 0 Å². The number of hydrogen-bond acceptors (Lipinski definition) is 15. The smallest absolute Gasteiger partial charge is 0.303 e. The molecule has 4 rings (SSSR count). The molecule has 29 nitrogen and oxygen atoms in total. The van der Waals surface area contributed by atoms with Gasteiger partial charge in [0.2, 0.25) is 53.2 Å². The van der Waals surface area contributed by atoms with Gasteiger partial charge in [0.15, 0.2) is 11.9 Å². The molecule has 2 aromatic carbocycles. The minimum absolute atomic E-state index is 0.0147. The van der Waals surface area contributed by atoms with Gasteiger partial charge in [0.05, 0.1) is 6.04 Å². The molecule has 2 aromatic rings. The standard InChI is InChI=1S/C57H88N16O13/c1-5-32(4)46(58)53(84)68-39(22-23-45(76)77)54(85)73-27-9-13-44(73)55(86)72-26-8-12-43(72)52(83)71-42(30-34-16-20-36(75)21-17-34)51(82)67-38(11-7-25-65-57(62)63)49(80)70-41(28-31(2)3)50(81)66-37(10-6-24-64-56(60)61)48(79)69-40(47(59)78)29-33-14-18-35(74)19-15-33/h14-21,31-32,37-44,46,74-75H,5-13,22-30,58H2,1-4H3,(H2,59,78)(H,66,81)(H,67,82)(H,68,84)(H,69,79)(H,70,80)(H,71,83)(H,76,77)(H4,60,61,64)(H4,62,63,65)/t32-,37-,38-,39-,40-,41-,42-,43+,44-,46-/m0/s1. The van der Waals surface area contributed by atoms with Crippen LogP contribution < -0.4 is 66.3 Å². The van der Waals surface area contributed by atoms with Crippen LogP contribution in [0.15, 0.2) is 58.5 Å². The second-order valence-electron chi connectivity index (χ2n) is 22.3. The summed E-state index contributed by atoms with van der Waals surface area (Å²) in [4.78, 5) is 149. The van der Waals surface area contributed by atoms with Crippen molar-refractivity contribution in [3.05, 3.63) is 59.7 Å². The Morgan fingerprint density at radius 1 is 0.570 bits per heavy atom. The molecule has 2 aliphatic heterocycles. The maximum Gasteiger partial charge on any atom is 0.303 e.